The van der Waals surface area contributed by atoms with Gasteiger partial charge < -0.3 is 9.80 Å². The van der Waals surface area contributed by atoms with E-state index in [9.17, 15) is 0 Å². The first kappa shape index (κ1) is 49.3. The SMILES string of the molecule is c1ccc(N(c2cccc(-c3cccc4c3sc3ccccc34)c2)c2cc3c4ccc(C5CCCCC5)cc4c(N(c4ccccc4)c4cccc(-c5cccc6c5sc5ccccc56)c4)cc3c3ccc(C4CCCCC4)cc23)cc1. The molecule has 0 saturated heterocycles. The predicted octanol–water partition coefficient (Wildman–Crippen LogP) is 24.3. The summed E-state index contributed by atoms with van der Waals surface area (Å²) in [5, 5.41) is 12.9. The van der Waals surface area contributed by atoms with Crippen LogP contribution in [0.2, 0.25) is 0 Å². The molecule has 2 nitrogen and oxygen atoms in total. The molecule has 2 heterocycles. The number of nitrogens with zero attached hydrogens (tertiary/aromatic N) is 2. The highest BCUT2D eigenvalue weighted by Crippen LogP contribution is 2.51. The van der Waals surface area contributed by atoms with Gasteiger partial charge in [0, 0.05) is 73.9 Å². The van der Waals surface area contributed by atoms with Crippen molar-refractivity contribution in [3.8, 4) is 22.3 Å². The number of fused-ring (bicyclic) bond motifs is 11. The van der Waals surface area contributed by atoms with Crippen LogP contribution in [0.1, 0.15) is 87.2 Å². The summed E-state index contributed by atoms with van der Waals surface area (Å²) in [6.45, 7) is 0. The largest absolute Gasteiger partial charge is 0.310 e. The van der Waals surface area contributed by atoms with Crippen molar-refractivity contribution in [2.75, 3.05) is 9.80 Å². The molecule has 14 aromatic rings. The molecule has 2 aliphatic rings. The van der Waals surface area contributed by atoms with Crippen LogP contribution in [0.4, 0.5) is 34.1 Å². The third-order valence-electron chi connectivity index (χ3n) is 18.4. The molecule has 2 saturated carbocycles. The van der Waals surface area contributed by atoms with Crippen molar-refractivity contribution in [3.05, 3.63) is 254 Å². The van der Waals surface area contributed by atoms with Crippen molar-refractivity contribution < 1.29 is 0 Å². The number of para-hydroxylation sites is 2. The van der Waals surface area contributed by atoms with Gasteiger partial charge in [-0.1, -0.05) is 196 Å². The minimum Gasteiger partial charge on any atom is -0.310 e. The van der Waals surface area contributed by atoms with E-state index < -0.39 is 0 Å². The third kappa shape index (κ3) is 8.57. The molecule has 0 radical (unpaired) electrons. The van der Waals surface area contributed by atoms with Crippen LogP contribution >= 0.6 is 22.7 Å². The smallest absolute Gasteiger partial charge is 0.0546 e. The molecule has 82 heavy (non-hydrogen) atoms. The molecule has 0 aliphatic heterocycles. The Bertz CT molecular complexity index is 4430. The van der Waals surface area contributed by atoms with Crippen LogP contribution in [0.25, 0.3) is 94.9 Å². The maximum absolute atomic E-state index is 2.60. The van der Waals surface area contributed by atoms with E-state index in [-0.39, 0.29) is 0 Å². The minimum atomic E-state index is 0.543. The van der Waals surface area contributed by atoms with Gasteiger partial charge in [-0.3, -0.25) is 0 Å². The Balaban J connectivity index is 0.955. The summed E-state index contributed by atoms with van der Waals surface area (Å²) in [4.78, 5) is 5.13. The molecule has 0 atom stereocenters. The van der Waals surface area contributed by atoms with E-state index in [1.807, 2.05) is 22.7 Å². The Morgan fingerprint density at radius 1 is 0.268 bits per heavy atom. The number of benzene rings is 12. The van der Waals surface area contributed by atoms with Crippen molar-refractivity contribution >= 4 is 129 Å². The summed E-state index contributed by atoms with van der Waals surface area (Å²) in [6, 6.07) is 92.7. The molecule has 2 aromatic heterocycles. The van der Waals surface area contributed by atoms with Gasteiger partial charge in [0.05, 0.1) is 11.4 Å². The lowest BCUT2D eigenvalue weighted by molar-refractivity contribution is 0.444. The Hall–Kier alpha value is -8.54. The van der Waals surface area contributed by atoms with E-state index in [0.717, 1.165) is 22.7 Å². The second-order valence-corrected chi connectivity index (χ2v) is 25.3. The van der Waals surface area contributed by atoms with Crippen LogP contribution in [-0.4, -0.2) is 0 Å². The van der Waals surface area contributed by atoms with Gasteiger partial charge in [0.1, 0.15) is 0 Å². The molecule has 0 bridgehead atoms. The molecule has 0 unspecified atom stereocenters. The van der Waals surface area contributed by atoms with Gasteiger partial charge in [-0.2, -0.15) is 0 Å². The summed E-state index contributed by atoms with van der Waals surface area (Å²) in [6.07, 6.45) is 12.8. The average Bonchev–Trinajstić information content (AvgIpc) is 4.25. The first-order valence-corrected chi connectivity index (χ1v) is 31.5. The van der Waals surface area contributed by atoms with Gasteiger partial charge in [0.15, 0.2) is 0 Å². The van der Waals surface area contributed by atoms with E-state index in [4.69, 9.17) is 0 Å². The molecule has 2 aliphatic carbocycles. The fraction of sp³-hybridized carbons (Fsp3) is 0.154. The molecular formula is C78H62N2S2. The fourth-order valence-corrected chi connectivity index (χ4v) is 16.9. The molecule has 2 fully saturated rings. The lowest BCUT2D eigenvalue weighted by Crippen LogP contribution is -2.12. The van der Waals surface area contributed by atoms with E-state index >= 15 is 0 Å². The van der Waals surface area contributed by atoms with E-state index in [1.54, 1.807) is 0 Å². The highest BCUT2D eigenvalue weighted by molar-refractivity contribution is 7.26. The first-order valence-electron chi connectivity index (χ1n) is 29.9. The molecule has 0 N–H and O–H groups in total. The van der Waals surface area contributed by atoms with Gasteiger partial charge in [-0.15, -0.1) is 22.7 Å². The van der Waals surface area contributed by atoms with Crippen LogP contribution in [0, 0.1) is 0 Å². The molecule has 0 spiro atoms. The van der Waals surface area contributed by atoms with Gasteiger partial charge in [-0.05, 0) is 177 Å². The average molecular weight is 1090 g/mol. The molecule has 396 valence electrons. The maximum Gasteiger partial charge on any atom is 0.0546 e. The van der Waals surface area contributed by atoms with Gasteiger partial charge >= 0.3 is 0 Å². The van der Waals surface area contributed by atoms with Crippen molar-refractivity contribution in [2.45, 2.75) is 76.0 Å². The zero-order valence-electron chi connectivity index (χ0n) is 46.0. The number of anilines is 6. The molecule has 0 amide bonds. The monoisotopic (exact) mass is 1090 g/mol. The first-order chi connectivity index (χ1) is 40.7. The second-order valence-electron chi connectivity index (χ2n) is 23.2. The van der Waals surface area contributed by atoms with Crippen molar-refractivity contribution in [1.82, 2.24) is 0 Å². The molecule has 12 aromatic carbocycles. The summed E-state index contributed by atoms with van der Waals surface area (Å²) in [5.41, 5.74) is 14.9. The predicted molar refractivity (Wildman–Crippen MR) is 357 cm³/mol. The van der Waals surface area contributed by atoms with Gasteiger partial charge in [-0.25, -0.2) is 0 Å². The Kier molecular flexibility index (Phi) is 12.5. The highest BCUT2D eigenvalue weighted by atomic mass is 32.1. The number of thiophene rings is 2. The maximum atomic E-state index is 2.60. The normalized spacial score (nSPS) is 14.5. The summed E-state index contributed by atoms with van der Waals surface area (Å²) < 4.78 is 5.32. The summed E-state index contributed by atoms with van der Waals surface area (Å²) >= 11 is 3.81. The molecule has 16 rings (SSSR count). The third-order valence-corrected chi connectivity index (χ3v) is 20.8. The summed E-state index contributed by atoms with van der Waals surface area (Å²) in [7, 11) is 0. The lowest BCUT2D eigenvalue weighted by atomic mass is 9.82. The zero-order valence-corrected chi connectivity index (χ0v) is 47.7. The zero-order chi connectivity index (χ0) is 54.1. The van der Waals surface area contributed by atoms with Gasteiger partial charge in [0.2, 0.25) is 0 Å². The van der Waals surface area contributed by atoms with Crippen LogP contribution in [0.15, 0.2) is 243 Å². The Morgan fingerprint density at radius 2 is 0.659 bits per heavy atom. The van der Waals surface area contributed by atoms with E-state index in [1.165, 1.54) is 182 Å². The van der Waals surface area contributed by atoms with E-state index in [0.29, 0.717) is 11.8 Å². The van der Waals surface area contributed by atoms with Crippen molar-refractivity contribution in [1.29, 1.82) is 0 Å². The highest BCUT2D eigenvalue weighted by Gasteiger charge is 2.26. The number of hydrogen-bond donors (Lipinski definition) is 0. The fourth-order valence-electron chi connectivity index (χ4n) is 14.4. The van der Waals surface area contributed by atoms with Crippen molar-refractivity contribution in [3.63, 3.8) is 0 Å². The number of rotatable bonds is 10. The quantitative estimate of drug-likeness (QED) is 0.126. The number of hydrogen-bond acceptors (Lipinski definition) is 4. The van der Waals surface area contributed by atoms with Crippen molar-refractivity contribution in [2.24, 2.45) is 0 Å². The second kappa shape index (κ2) is 20.8. The van der Waals surface area contributed by atoms with Crippen LogP contribution < -0.4 is 9.80 Å². The van der Waals surface area contributed by atoms with Crippen LogP contribution in [-0.2, 0) is 0 Å². The van der Waals surface area contributed by atoms with Crippen LogP contribution in [0.3, 0.4) is 0 Å². The Labute approximate surface area is 488 Å². The standard InChI is InChI=1S/C78H62N2S2/c1-5-21-51(22-6-1)53-41-43-63-69-50-74(80(58-29-11-4-12-30-58)60-32-18-26-56(46-60)62-36-20-38-68-66-34-14-16-40-76(66)82-78(62)68)72-48-54(52-23-7-2-8-24-52)42-44-64(72)70(69)49-73(71(63)47-53)79(57-27-9-3-10-28-57)59-31-17-25-55(45-59)61-35-19-37-67-65-33-13-15-39-75(65)81-77(61)67/h3-4,9-20,25-52H,1-2,5-8,21-24H2. The van der Waals surface area contributed by atoms with Crippen LogP contribution in [0.5, 0.6) is 0 Å². The molecular weight excluding hydrogens is 1030 g/mol. The Morgan fingerprint density at radius 3 is 1.11 bits per heavy atom. The topological polar surface area (TPSA) is 6.48 Å². The molecule has 4 heteroatoms. The van der Waals surface area contributed by atoms with E-state index in [2.05, 4.69) is 252 Å². The minimum absolute atomic E-state index is 0.543. The van der Waals surface area contributed by atoms with Gasteiger partial charge in [0.25, 0.3) is 0 Å². The lowest BCUT2D eigenvalue weighted by Gasteiger charge is -2.31. The summed E-state index contributed by atoms with van der Waals surface area (Å²) in [5.74, 6) is 1.09.